The van der Waals surface area contributed by atoms with Crippen molar-refractivity contribution in [3.8, 4) is 11.8 Å². The van der Waals surface area contributed by atoms with Gasteiger partial charge in [-0.15, -0.1) is 11.3 Å². The second-order valence-corrected chi connectivity index (χ2v) is 6.49. The first-order valence-corrected chi connectivity index (χ1v) is 8.04. The fourth-order valence-corrected chi connectivity index (χ4v) is 3.42. The minimum Gasteiger partial charge on any atom is -0.395 e. The normalized spacial score (nSPS) is 18.9. The van der Waals surface area contributed by atoms with Crippen LogP contribution in [0.4, 0.5) is 0 Å². The molecule has 1 atom stereocenters. The summed E-state index contributed by atoms with van der Waals surface area (Å²) in [6.45, 7) is 4.05. The molecule has 0 bridgehead atoms. The zero-order chi connectivity index (χ0) is 14.2. The number of aliphatic hydroxyl groups excluding tert-OH is 1. The summed E-state index contributed by atoms with van der Waals surface area (Å²) in [5.74, 6) is 6.73. The highest BCUT2D eigenvalue weighted by atomic mass is 32.1. The van der Waals surface area contributed by atoms with Gasteiger partial charge in [0.15, 0.2) is 0 Å². The number of nitrogens with zero attached hydrogens (tertiary/aromatic N) is 1. The van der Waals surface area contributed by atoms with E-state index in [1.54, 1.807) is 11.3 Å². The van der Waals surface area contributed by atoms with Crippen molar-refractivity contribution in [1.29, 1.82) is 0 Å². The van der Waals surface area contributed by atoms with Gasteiger partial charge in [-0.25, -0.2) is 0 Å². The smallest absolute Gasteiger partial charge is 0.0771 e. The molecule has 1 aliphatic rings. The molecule has 1 aromatic heterocycles. The van der Waals surface area contributed by atoms with E-state index in [1.807, 2.05) is 0 Å². The molecule has 2 heterocycles. The molecule has 0 amide bonds. The molecule has 1 N–H and O–H groups in total. The van der Waals surface area contributed by atoms with Crippen molar-refractivity contribution in [3.05, 3.63) is 21.9 Å². The molecule has 2 rings (SSSR count). The first-order chi connectivity index (χ1) is 9.78. The summed E-state index contributed by atoms with van der Waals surface area (Å²) in [5.41, 5.74) is 0. The lowest BCUT2D eigenvalue weighted by molar-refractivity contribution is 0.0413. The van der Waals surface area contributed by atoms with Crippen molar-refractivity contribution in [2.45, 2.75) is 25.8 Å². The first-order valence-electron chi connectivity index (χ1n) is 7.22. The Morgan fingerprint density at radius 1 is 1.50 bits per heavy atom. The lowest BCUT2D eigenvalue weighted by atomic mass is 10.0. The molecule has 110 valence electrons. The van der Waals surface area contributed by atoms with E-state index in [1.165, 1.54) is 17.7 Å². The molecule has 0 aliphatic carbocycles. The van der Waals surface area contributed by atoms with E-state index in [2.05, 4.69) is 35.9 Å². The maximum Gasteiger partial charge on any atom is 0.0771 e. The van der Waals surface area contributed by atoms with Crippen LogP contribution in [0.1, 0.15) is 29.0 Å². The Hall–Kier alpha value is -0.860. The third-order valence-electron chi connectivity index (χ3n) is 3.36. The zero-order valence-corrected chi connectivity index (χ0v) is 12.9. The van der Waals surface area contributed by atoms with Crippen LogP contribution in [0.3, 0.4) is 0 Å². The molecule has 1 saturated heterocycles. The molecular weight excluding hydrogens is 270 g/mol. The topological polar surface area (TPSA) is 32.7 Å². The molecule has 0 radical (unpaired) electrons. The summed E-state index contributed by atoms with van der Waals surface area (Å²) in [7, 11) is 2.17. The fraction of sp³-hybridized carbons (Fsp3) is 0.625. The standard InChI is InChI=1S/C16H23NO2S/c1-17(11-14-5-4-10-19-13-14)12-16-8-7-15(20-16)6-2-3-9-18/h7-8,14,18H,3-5,9-13H2,1H3. The summed E-state index contributed by atoms with van der Waals surface area (Å²) < 4.78 is 5.53. The summed E-state index contributed by atoms with van der Waals surface area (Å²) in [6, 6.07) is 4.23. The summed E-state index contributed by atoms with van der Waals surface area (Å²) in [5, 5.41) is 8.71. The summed E-state index contributed by atoms with van der Waals surface area (Å²) >= 11 is 1.75. The molecule has 0 spiro atoms. The van der Waals surface area contributed by atoms with Gasteiger partial charge in [0.05, 0.1) is 18.1 Å². The number of thiophene rings is 1. The number of ether oxygens (including phenoxy) is 1. The Labute approximate surface area is 125 Å². The van der Waals surface area contributed by atoms with Crippen molar-refractivity contribution < 1.29 is 9.84 Å². The number of hydrogen-bond acceptors (Lipinski definition) is 4. The summed E-state index contributed by atoms with van der Waals surface area (Å²) in [6.07, 6.45) is 3.03. The van der Waals surface area contributed by atoms with Crippen LogP contribution < -0.4 is 0 Å². The third kappa shape index (κ3) is 5.26. The number of rotatable bonds is 5. The van der Waals surface area contributed by atoms with E-state index in [0.717, 1.165) is 31.2 Å². The predicted molar refractivity (Wildman–Crippen MR) is 82.8 cm³/mol. The van der Waals surface area contributed by atoms with Crippen molar-refractivity contribution in [2.75, 3.05) is 33.4 Å². The Morgan fingerprint density at radius 3 is 3.15 bits per heavy atom. The minimum atomic E-state index is 0.136. The van der Waals surface area contributed by atoms with Crippen LogP contribution in [-0.4, -0.2) is 43.4 Å². The molecular formula is C16H23NO2S. The highest BCUT2D eigenvalue weighted by molar-refractivity contribution is 7.12. The highest BCUT2D eigenvalue weighted by Gasteiger charge is 2.16. The molecule has 4 heteroatoms. The van der Waals surface area contributed by atoms with Crippen LogP contribution in [-0.2, 0) is 11.3 Å². The molecule has 1 aromatic rings. The lowest BCUT2D eigenvalue weighted by Gasteiger charge is -2.26. The number of aliphatic hydroxyl groups is 1. The Kier molecular flexibility index (Phi) is 6.55. The molecule has 20 heavy (non-hydrogen) atoms. The van der Waals surface area contributed by atoms with Gasteiger partial charge in [-0.05, 0) is 37.9 Å². The van der Waals surface area contributed by atoms with Gasteiger partial charge in [0.25, 0.3) is 0 Å². The predicted octanol–water partition coefficient (Wildman–Crippen LogP) is 2.34. The molecule has 0 saturated carbocycles. The van der Waals surface area contributed by atoms with E-state index in [-0.39, 0.29) is 6.61 Å². The largest absolute Gasteiger partial charge is 0.395 e. The van der Waals surface area contributed by atoms with E-state index in [9.17, 15) is 0 Å². The maximum atomic E-state index is 8.71. The van der Waals surface area contributed by atoms with Crippen LogP contribution in [0.2, 0.25) is 0 Å². The first kappa shape index (κ1) is 15.5. The molecule has 1 aliphatic heterocycles. The molecule has 0 aromatic carbocycles. The van der Waals surface area contributed by atoms with Gasteiger partial charge < -0.3 is 14.7 Å². The van der Waals surface area contributed by atoms with E-state index in [4.69, 9.17) is 9.84 Å². The van der Waals surface area contributed by atoms with Crippen molar-refractivity contribution in [1.82, 2.24) is 4.90 Å². The van der Waals surface area contributed by atoms with Gasteiger partial charge in [-0.1, -0.05) is 11.8 Å². The van der Waals surface area contributed by atoms with Gasteiger partial charge in [0.1, 0.15) is 0 Å². The van der Waals surface area contributed by atoms with Gasteiger partial charge in [0, 0.05) is 31.0 Å². The molecule has 1 unspecified atom stereocenters. The number of hydrogen-bond donors (Lipinski definition) is 1. The van der Waals surface area contributed by atoms with Crippen molar-refractivity contribution in [3.63, 3.8) is 0 Å². The monoisotopic (exact) mass is 293 g/mol. The van der Waals surface area contributed by atoms with E-state index in [0.29, 0.717) is 12.3 Å². The average molecular weight is 293 g/mol. The lowest BCUT2D eigenvalue weighted by Crippen LogP contribution is -2.30. The highest BCUT2D eigenvalue weighted by Crippen LogP contribution is 2.19. The van der Waals surface area contributed by atoms with Gasteiger partial charge in [-0.3, -0.25) is 0 Å². The van der Waals surface area contributed by atoms with Gasteiger partial charge >= 0.3 is 0 Å². The molecule has 3 nitrogen and oxygen atoms in total. The van der Waals surface area contributed by atoms with Crippen LogP contribution in [0.25, 0.3) is 0 Å². The van der Waals surface area contributed by atoms with Crippen molar-refractivity contribution >= 4 is 11.3 Å². The quantitative estimate of drug-likeness (QED) is 0.846. The van der Waals surface area contributed by atoms with Crippen LogP contribution >= 0.6 is 11.3 Å². The second kappa shape index (κ2) is 8.43. The molecule has 1 fully saturated rings. The van der Waals surface area contributed by atoms with Crippen molar-refractivity contribution in [2.24, 2.45) is 5.92 Å². The maximum absolute atomic E-state index is 8.71. The SMILES string of the molecule is CN(Cc1ccc(C#CCCO)s1)CC1CCCOC1. The van der Waals surface area contributed by atoms with Crippen LogP contribution in [0.15, 0.2) is 12.1 Å². The zero-order valence-electron chi connectivity index (χ0n) is 12.1. The Bertz CT molecular complexity index is 455. The Morgan fingerprint density at radius 2 is 2.40 bits per heavy atom. The van der Waals surface area contributed by atoms with Crippen LogP contribution in [0, 0.1) is 17.8 Å². The van der Waals surface area contributed by atoms with E-state index < -0.39 is 0 Å². The Balaban J connectivity index is 1.79. The summed E-state index contributed by atoms with van der Waals surface area (Å²) in [4.78, 5) is 4.80. The second-order valence-electron chi connectivity index (χ2n) is 5.32. The van der Waals surface area contributed by atoms with Crippen LogP contribution in [0.5, 0.6) is 0 Å². The minimum absolute atomic E-state index is 0.136. The average Bonchev–Trinajstić information content (AvgIpc) is 2.87. The van der Waals surface area contributed by atoms with Gasteiger partial charge in [0.2, 0.25) is 0 Å². The van der Waals surface area contributed by atoms with E-state index >= 15 is 0 Å². The fourth-order valence-electron chi connectivity index (χ4n) is 2.46. The third-order valence-corrected chi connectivity index (χ3v) is 4.35. The van der Waals surface area contributed by atoms with Gasteiger partial charge in [-0.2, -0.15) is 0 Å².